The maximum Gasteiger partial charge on any atom is 0.411 e. The molecule has 1 saturated heterocycles. The molecule has 1 aromatic rings. The van der Waals surface area contributed by atoms with Gasteiger partial charge < -0.3 is 13.9 Å². The second kappa shape index (κ2) is 14.4. The summed E-state index contributed by atoms with van der Waals surface area (Å²) in [7, 11) is -1.96. The molecule has 2 unspecified atom stereocenters. The Labute approximate surface area is 257 Å². The SMILES string of the molecule is CCCC[C@H](CCC1C(=O)CCCC12CC[C@H](COCc1ccccc1)N2C(=O)OC(C)(C)C)O[Si](C)(C)C(C)(C)C. The molecular formula is C35H59NO5Si. The van der Waals surface area contributed by atoms with Crippen molar-refractivity contribution < 1.29 is 23.5 Å². The van der Waals surface area contributed by atoms with Crippen LogP contribution in [0.25, 0.3) is 0 Å². The van der Waals surface area contributed by atoms with Gasteiger partial charge in [-0.05, 0) is 89.4 Å². The van der Waals surface area contributed by atoms with Crippen LogP contribution in [0.1, 0.15) is 118 Å². The lowest BCUT2D eigenvalue weighted by Gasteiger charge is -2.48. The Bertz CT molecular complexity index is 1010. The molecule has 1 aliphatic carbocycles. The van der Waals surface area contributed by atoms with E-state index >= 15 is 0 Å². The van der Waals surface area contributed by atoms with Crippen LogP contribution in [0.5, 0.6) is 0 Å². The minimum atomic E-state index is -1.96. The van der Waals surface area contributed by atoms with Crippen LogP contribution in [-0.2, 0) is 25.3 Å². The maximum atomic E-state index is 13.9. The number of likely N-dealkylation sites (tertiary alicyclic amines) is 1. The van der Waals surface area contributed by atoms with Crippen LogP contribution in [0.2, 0.25) is 18.1 Å². The highest BCUT2D eigenvalue weighted by molar-refractivity contribution is 6.74. The van der Waals surface area contributed by atoms with E-state index in [4.69, 9.17) is 13.9 Å². The standard InChI is InChI=1S/C35H59NO5Si/c1-10-11-18-29(41-42(8,9)34(5,6)7)20-21-30-31(37)19-15-23-35(30)24-22-28(36(35)32(38)40-33(2,3)4)26-39-25-27-16-13-12-14-17-27/h12-14,16-17,28-30H,10-11,15,18-26H2,1-9H3/t28-,29-,30?,35?/m1/s1. The average molecular weight is 602 g/mol. The Morgan fingerprint density at radius 3 is 2.38 bits per heavy atom. The molecule has 2 fully saturated rings. The summed E-state index contributed by atoms with van der Waals surface area (Å²) in [5, 5.41) is 0.130. The molecule has 2 aliphatic rings. The summed E-state index contributed by atoms with van der Waals surface area (Å²) in [6.45, 7) is 20.4. The second-order valence-corrected chi connectivity index (χ2v) is 20.0. The summed E-state index contributed by atoms with van der Waals surface area (Å²) < 4.78 is 19.1. The van der Waals surface area contributed by atoms with Crippen LogP contribution < -0.4 is 0 Å². The number of hydrogen-bond donors (Lipinski definition) is 0. The lowest BCUT2D eigenvalue weighted by Crippen LogP contribution is -2.60. The normalized spacial score (nSPS) is 24.3. The molecule has 7 heteroatoms. The number of carbonyl (C=O) groups is 2. The average Bonchev–Trinajstić information content (AvgIpc) is 3.24. The van der Waals surface area contributed by atoms with Gasteiger partial charge in [0.1, 0.15) is 11.4 Å². The number of amides is 1. The molecule has 1 amide bonds. The molecule has 6 nitrogen and oxygen atoms in total. The quantitative estimate of drug-likeness (QED) is 0.224. The van der Waals surface area contributed by atoms with Crippen LogP contribution in [0, 0.1) is 5.92 Å². The molecule has 42 heavy (non-hydrogen) atoms. The van der Waals surface area contributed by atoms with Crippen LogP contribution >= 0.6 is 0 Å². The van der Waals surface area contributed by atoms with Crippen molar-refractivity contribution in [1.82, 2.24) is 4.90 Å². The van der Waals surface area contributed by atoms with Crippen molar-refractivity contribution in [3.63, 3.8) is 0 Å². The van der Waals surface area contributed by atoms with Gasteiger partial charge in [0.2, 0.25) is 0 Å². The number of benzene rings is 1. The largest absolute Gasteiger partial charge is 0.444 e. The Morgan fingerprint density at radius 1 is 1.07 bits per heavy atom. The van der Waals surface area contributed by atoms with Crippen molar-refractivity contribution in [2.45, 2.75) is 161 Å². The third kappa shape index (κ3) is 8.92. The van der Waals surface area contributed by atoms with E-state index in [2.05, 4.69) is 52.9 Å². The number of unbranched alkanes of at least 4 members (excludes halogenated alkanes) is 1. The van der Waals surface area contributed by atoms with E-state index in [1.807, 2.05) is 43.9 Å². The summed E-state index contributed by atoms with van der Waals surface area (Å²) in [6.07, 6.45) is 8.55. The van der Waals surface area contributed by atoms with Crippen LogP contribution in [0.4, 0.5) is 4.79 Å². The third-order valence-corrected chi connectivity index (χ3v) is 14.3. The van der Waals surface area contributed by atoms with Crippen molar-refractivity contribution in [3.8, 4) is 0 Å². The van der Waals surface area contributed by atoms with Crippen LogP contribution in [0.15, 0.2) is 30.3 Å². The van der Waals surface area contributed by atoms with E-state index in [1.165, 1.54) is 0 Å². The Kier molecular flexibility index (Phi) is 11.9. The van der Waals surface area contributed by atoms with Gasteiger partial charge >= 0.3 is 6.09 Å². The second-order valence-electron chi connectivity index (χ2n) is 15.2. The topological polar surface area (TPSA) is 65.1 Å². The van der Waals surface area contributed by atoms with Crippen molar-refractivity contribution in [1.29, 1.82) is 0 Å². The third-order valence-electron chi connectivity index (χ3n) is 9.76. The summed E-state index contributed by atoms with van der Waals surface area (Å²) >= 11 is 0. The fraction of sp³-hybridized carbons (Fsp3) is 0.771. The minimum absolute atomic E-state index is 0.115. The van der Waals surface area contributed by atoms with E-state index in [0.717, 1.165) is 63.4 Å². The van der Waals surface area contributed by atoms with Gasteiger partial charge in [-0.3, -0.25) is 9.69 Å². The number of hydrogen-bond acceptors (Lipinski definition) is 5. The molecule has 1 aromatic carbocycles. The molecule has 0 N–H and O–H groups in total. The Hall–Kier alpha value is -1.70. The highest BCUT2D eigenvalue weighted by Crippen LogP contribution is 2.49. The highest BCUT2D eigenvalue weighted by Gasteiger charge is 2.57. The van der Waals surface area contributed by atoms with Crippen molar-refractivity contribution in [3.05, 3.63) is 35.9 Å². The van der Waals surface area contributed by atoms with Crippen LogP contribution in [-0.4, -0.2) is 55.0 Å². The molecule has 0 aromatic heterocycles. The summed E-state index contributed by atoms with van der Waals surface area (Å²) in [5.74, 6) is 0.0901. The molecule has 4 atom stereocenters. The lowest BCUT2D eigenvalue weighted by molar-refractivity contribution is -0.132. The Balaban J connectivity index is 1.85. The van der Waals surface area contributed by atoms with E-state index in [1.54, 1.807) is 0 Å². The first kappa shape index (κ1) is 34.8. The van der Waals surface area contributed by atoms with E-state index < -0.39 is 19.5 Å². The molecule has 0 radical (unpaired) electrons. The highest BCUT2D eigenvalue weighted by atomic mass is 28.4. The summed E-state index contributed by atoms with van der Waals surface area (Å²) in [5.41, 5.74) is -0.0307. The zero-order chi connectivity index (χ0) is 31.2. The molecule has 3 rings (SSSR count). The summed E-state index contributed by atoms with van der Waals surface area (Å²) in [6, 6.07) is 10.0. The molecule has 1 aliphatic heterocycles. The first-order valence-electron chi connectivity index (χ1n) is 16.4. The van der Waals surface area contributed by atoms with Gasteiger partial charge in [-0.15, -0.1) is 0 Å². The minimum Gasteiger partial charge on any atom is -0.444 e. The molecule has 1 saturated carbocycles. The van der Waals surface area contributed by atoms with Gasteiger partial charge in [-0.1, -0.05) is 70.9 Å². The molecular weight excluding hydrogens is 542 g/mol. The Morgan fingerprint density at radius 2 is 1.76 bits per heavy atom. The molecule has 238 valence electrons. The summed E-state index contributed by atoms with van der Waals surface area (Å²) in [4.78, 5) is 29.6. The predicted molar refractivity (Wildman–Crippen MR) is 173 cm³/mol. The number of ketones is 1. The van der Waals surface area contributed by atoms with Gasteiger partial charge in [0, 0.05) is 18.4 Å². The van der Waals surface area contributed by atoms with Gasteiger partial charge in [-0.2, -0.15) is 0 Å². The lowest BCUT2D eigenvalue weighted by atomic mass is 9.68. The monoisotopic (exact) mass is 601 g/mol. The van der Waals surface area contributed by atoms with Gasteiger partial charge in [0.25, 0.3) is 0 Å². The van der Waals surface area contributed by atoms with Gasteiger partial charge in [0.05, 0.1) is 24.8 Å². The molecule has 0 bridgehead atoms. The maximum absolute atomic E-state index is 13.9. The van der Waals surface area contributed by atoms with Crippen molar-refractivity contribution >= 4 is 20.2 Å². The van der Waals surface area contributed by atoms with Crippen molar-refractivity contribution in [2.75, 3.05) is 6.61 Å². The van der Waals surface area contributed by atoms with E-state index in [9.17, 15) is 9.59 Å². The number of nitrogens with zero attached hydrogens (tertiary/aromatic N) is 1. The first-order valence-corrected chi connectivity index (χ1v) is 19.3. The zero-order valence-electron chi connectivity index (χ0n) is 28.1. The number of rotatable bonds is 12. The zero-order valence-corrected chi connectivity index (χ0v) is 29.1. The van der Waals surface area contributed by atoms with Crippen LogP contribution in [0.3, 0.4) is 0 Å². The predicted octanol–water partition coefficient (Wildman–Crippen LogP) is 9.07. The number of ether oxygens (including phenoxy) is 2. The van der Waals surface area contributed by atoms with Gasteiger partial charge in [0.15, 0.2) is 8.32 Å². The fourth-order valence-electron chi connectivity index (χ4n) is 6.59. The smallest absolute Gasteiger partial charge is 0.411 e. The van der Waals surface area contributed by atoms with Gasteiger partial charge in [-0.25, -0.2) is 4.79 Å². The first-order chi connectivity index (χ1) is 19.6. The van der Waals surface area contributed by atoms with Crippen molar-refractivity contribution in [2.24, 2.45) is 5.92 Å². The molecule has 1 heterocycles. The van der Waals surface area contributed by atoms with E-state index in [-0.39, 0.29) is 29.2 Å². The number of carbonyl (C=O) groups excluding carboxylic acids is 2. The number of Topliss-reactive ketones (excluding diaryl/α,β-unsaturated/α-hetero) is 1. The molecule has 1 spiro atoms. The van der Waals surface area contributed by atoms with E-state index in [0.29, 0.717) is 25.4 Å². The fourth-order valence-corrected chi connectivity index (χ4v) is 8.01.